The third-order valence-electron chi connectivity index (χ3n) is 6.53. The largest absolute Gasteiger partial charge is 0.493 e. The molecule has 0 spiro atoms. The quantitative estimate of drug-likeness (QED) is 0.259. The maximum absolute atomic E-state index is 11.9. The van der Waals surface area contributed by atoms with Gasteiger partial charge >= 0.3 is 5.97 Å². The van der Waals surface area contributed by atoms with Crippen molar-refractivity contribution in [2.24, 2.45) is 0 Å². The van der Waals surface area contributed by atoms with E-state index in [1.807, 2.05) is 48.7 Å². The number of esters is 1. The smallest absolute Gasteiger partial charge is 0.360 e. The first-order valence-electron chi connectivity index (χ1n) is 12.4. The van der Waals surface area contributed by atoms with Gasteiger partial charge < -0.3 is 23.5 Å². The number of para-hydroxylation sites is 1. The van der Waals surface area contributed by atoms with Crippen molar-refractivity contribution in [2.75, 3.05) is 20.8 Å². The third-order valence-corrected chi connectivity index (χ3v) is 6.77. The lowest BCUT2D eigenvalue weighted by Gasteiger charge is -2.25. The van der Waals surface area contributed by atoms with E-state index in [1.165, 1.54) is 0 Å². The highest BCUT2D eigenvalue weighted by atomic mass is 35.5. The van der Waals surface area contributed by atoms with Gasteiger partial charge in [-0.15, -0.1) is 5.10 Å². The van der Waals surface area contributed by atoms with E-state index in [1.54, 1.807) is 32.0 Å². The van der Waals surface area contributed by atoms with Crippen LogP contribution >= 0.6 is 11.6 Å². The van der Waals surface area contributed by atoms with Crippen LogP contribution in [0.3, 0.4) is 0 Å². The molecule has 1 aliphatic rings. The summed E-state index contributed by atoms with van der Waals surface area (Å²) in [7, 11) is 3.24. The Morgan fingerprint density at radius 3 is 2.76 bits per heavy atom. The van der Waals surface area contributed by atoms with Gasteiger partial charge in [0.25, 0.3) is 0 Å². The molecule has 2 aromatic carbocycles. The Morgan fingerprint density at radius 2 is 1.97 bits per heavy atom. The molecule has 0 N–H and O–H groups in total. The van der Waals surface area contributed by atoms with Gasteiger partial charge in [0.1, 0.15) is 6.10 Å². The number of aromatic nitrogens is 4. The molecule has 5 rings (SSSR count). The minimum absolute atomic E-state index is 0.198. The molecule has 4 aromatic rings. The number of carbonyl (C=O) groups is 1. The number of aryl methyl sites for hydroxylation is 1. The van der Waals surface area contributed by atoms with Crippen molar-refractivity contribution in [3.63, 3.8) is 0 Å². The predicted octanol–water partition coefficient (Wildman–Crippen LogP) is 5.56. The van der Waals surface area contributed by atoms with Gasteiger partial charge in [-0.25, -0.2) is 4.79 Å². The summed E-state index contributed by atoms with van der Waals surface area (Å²) in [6.07, 6.45) is 4.37. The molecule has 0 saturated carbocycles. The molecule has 0 saturated heterocycles. The fraction of sp³-hybridized carbons (Fsp3) is 0.321. The van der Waals surface area contributed by atoms with Crippen LogP contribution in [0.5, 0.6) is 11.5 Å². The van der Waals surface area contributed by atoms with Gasteiger partial charge in [0.2, 0.25) is 0 Å². The van der Waals surface area contributed by atoms with Crippen LogP contribution in [0.25, 0.3) is 5.69 Å². The van der Waals surface area contributed by atoms with Crippen LogP contribution in [0.15, 0.2) is 60.9 Å². The fourth-order valence-corrected chi connectivity index (χ4v) is 5.04. The molecule has 2 atom stereocenters. The highest BCUT2D eigenvalue weighted by Gasteiger charge is 2.32. The molecule has 1 aliphatic heterocycles. The molecular formula is C28H29ClN4O5. The third kappa shape index (κ3) is 4.99. The number of carbonyl (C=O) groups excluding carboxylic acids is 1. The molecule has 3 heterocycles. The molecule has 0 amide bonds. The Morgan fingerprint density at radius 1 is 1.11 bits per heavy atom. The van der Waals surface area contributed by atoms with E-state index in [0.717, 1.165) is 28.9 Å². The summed E-state index contributed by atoms with van der Waals surface area (Å²) < 4.78 is 27.0. The molecule has 10 heteroatoms. The van der Waals surface area contributed by atoms with E-state index in [2.05, 4.69) is 20.9 Å². The maximum atomic E-state index is 11.9. The predicted molar refractivity (Wildman–Crippen MR) is 141 cm³/mol. The standard InChI is InChI=1S/C28H29ClN4O5/c1-4-37-28(34)21-17-32(31-30-21)14-7-11-24-23-9-6-15-33(23)22-13-12-18(29)16-20(22)26(38-24)19-8-5-10-25(35-2)27(19)36-3/h5-6,8-10,12-13,15-17,24,26H,4,7,11,14H2,1-3H3/t24-,26-/m1/s1. The first-order valence-corrected chi connectivity index (χ1v) is 12.8. The Hall–Kier alpha value is -3.82. The zero-order chi connectivity index (χ0) is 26.6. The van der Waals surface area contributed by atoms with Crippen molar-refractivity contribution < 1.29 is 23.7 Å². The number of halogens is 1. The minimum atomic E-state index is -0.477. The van der Waals surface area contributed by atoms with E-state index in [4.69, 9.17) is 30.5 Å². The second-order valence-electron chi connectivity index (χ2n) is 8.82. The van der Waals surface area contributed by atoms with Crippen LogP contribution < -0.4 is 9.47 Å². The van der Waals surface area contributed by atoms with Gasteiger partial charge in [0, 0.05) is 28.9 Å². The summed E-state index contributed by atoms with van der Waals surface area (Å²) in [5, 5.41) is 8.63. The van der Waals surface area contributed by atoms with Crippen molar-refractivity contribution in [1.82, 2.24) is 19.6 Å². The number of benzene rings is 2. The van der Waals surface area contributed by atoms with E-state index < -0.39 is 12.1 Å². The molecule has 0 fully saturated rings. The van der Waals surface area contributed by atoms with E-state index >= 15 is 0 Å². The normalized spacial score (nSPS) is 16.3. The monoisotopic (exact) mass is 536 g/mol. The number of nitrogens with zero attached hydrogens (tertiary/aromatic N) is 4. The summed E-state index contributed by atoms with van der Waals surface area (Å²) in [6, 6.07) is 15.7. The van der Waals surface area contributed by atoms with Crippen molar-refractivity contribution in [2.45, 2.75) is 38.5 Å². The molecule has 198 valence electrons. The summed E-state index contributed by atoms with van der Waals surface area (Å²) in [4.78, 5) is 11.9. The van der Waals surface area contributed by atoms with Crippen LogP contribution in [-0.4, -0.2) is 46.4 Å². The van der Waals surface area contributed by atoms with Gasteiger partial charge in [-0.2, -0.15) is 0 Å². The number of hydrogen-bond acceptors (Lipinski definition) is 7. The first-order chi connectivity index (χ1) is 18.5. The van der Waals surface area contributed by atoms with Crippen molar-refractivity contribution in [1.29, 1.82) is 0 Å². The van der Waals surface area contributed by atoms with Crippen LogP contribution in [-0.2, 0) is 16.0 Å². The Kier molecular flexibility index (Phi) is 7.67. The Balaban J connectivity index is 1.46. The van der Waals surface area contributed by atoms with Crippen LogP contribution in [0.4, 0.5) is 0 Å². The average Bonchev–Trinajstić information content (AvgIpc) is 3.58. The molecule has 0 bridgehead atoms. The molecule has 38 heavy (non-hydrogen) atoms. The van der Waals surface area contributed by atoms with Gasteiger partial charge in [-0.3, -0.25) is 4.68 Å². The number of hydrogen-bond donors (Lipinski definition) is 0. The average molecular weight is 537 g/mol. The molecule has 9 nitrogen and oxygen atoms in total. The zero-order valence-corrected chi connectivity index (χ0v) is 22.2. The lowest BCUT2D eigenvalue weighted by Crippen LogP contribution is -2.13. The van der Waals surface area contributed by atoms with Crippen LogP contribution in [0, 0.1) is 0 Å². The Labute approximate surface area is 225 Å². The topological polar surface area (TPSA) is 89.6 Å². The number of methoxy groups -OCH3 is 2. The minimum Gasteiger partial charge on any atom is -0.493 e. The summed E-state index contributed by atoms with van der Waals surface area (Å²) in [5.41, 5.74) is 4.00. The van der Waals surface area contributed by atoms with E-state index in [-0.39, 0.29) is 18.4 Å². The highest BCUT2D eigenvalue weighted by Crippen LogP contribution is 2.46. The van der Waals surface area contributed by atoms with Gasteiger partial charge in [-0.05, 0) is 56.2 Å². The summed E-state index contributed by atoms with van der Waals surface area (Å²) >= 11 is 6.48. The van der Waals surface area contributed by atoms with E-state index in [9.17, 15) is 4.79 Å². The second-order valence-corrected chi connectivity index (χ2v) is 9.26. The number of ether oxygens (including phenoxy) is 4. The van der Waals surface area contributed by atoms with Gasteiger partial charge in [0.15, 0.2) is 17.2 Å². The summed E-state index contributed by atoms with van der Waals surface area (Å²) in [6.45, 7) is 2.61. The fourth-order valence-electron chi connectivity index (χ4n) is 4.86. The molecular weight excluding hydrogens is 508 g/mol. The lowest BCUT2D eigenvalue weighted by molar-refractivity contribution is -0.000645. The molecule has 0 unspecified atom stereocenters. The number of rotatable bonds is 9. The highest BCUT2D eigenvalue weighted by molar-refractivity contribution is 6.30. The second kappa shape index (κ2) is 11.3. The lowest BCUT2D eigenvalue weighted by atomic mass is 9.98. The van der Waals surface area contributed by atoms with Crippen LogP contribution in [0.2, 0.25) is 5.02 Å². The van der Waals surface area contributed by atoms with Gasteiger partial charge in [0.05, 0.1) is 44.5 Å². The summed E-state index contributed by atoms with van der Waals surface area (Å²) in [5.74, 6) is 0.765. The first kappa shape index (κ1) is 25.8. The maximum Gasteiger partial charge on any atom is 0.360 e. The zero-order valence-electron chi connectivity index (χ0n) is 21.5. The SMILES string of the molecule is CCOC(=O)c1cn(CCC[C@H]2O[C@H](c3cccc(OC)c3OC)c3cc(Cl)ccc3-n3cccc32)nn1. The van der Waals surface area contributed by atoms with Crippen molar-refractivity contribution in [3.05, 3.63) is 88.5 Å². The number of fused-ring (bicyclic) bond motifs is 3. The van der Waals surface area contributed by atoms with E-state index in [0.29, 0.717) is 29.5 Å². The molecule has 2 aromatic heterocycles. The van der Waals surface area contributed by atoms with Crippen molar-refractivity contribution >= 4 is 17.6 Å². The van der Waals surface area contributed by atoms with Crippen molar-refractivity contribution in [3.8, 4) is 17.2 Å². The Bertz CT molecular complexity index is 1430. The van der Waals surface area contributed by atoms with Crippen LogP contribution in [0.1, 0.15) is 59.3 Å². The van der Waals surface area contributed by atoms with Gasteiger partial charge in [-0.1, -0.05) is 28.9 Å². The molecule has 0 radical (unpaired) electrons. The molecule has 0 aliphatic carbocycles.